The van der Waals surface area contributed by atoms with Crippen molar-refractivity contribution in [1.29, 1.82) is 0 Å². The number of amides is 1. The van der Waals surface area contributed by atoms with Crippen molar-refractivity contribution in [2.24, 2.45) is 11.8 Å². The molecule has 3 atom stereocenters. The minimum Gasteiger partial charge on any atom is -0.346 e. The monoisotopic (exact) mass is 233 g/mol. The summed E-state index contributed by atoms with van der Waals surface area (Å²) in [6.45, 7) is 3.10. The fraction of sp³-hybridized carbons (Fsp3) is 0.929. The molecule has 1 amide bonds. The Morgan fingerprint density at radius 1 is 1.24 bits per heavy atom. The van der Waals surface area contributed by atoms with Crippen LogP contribution in [0, 0.1) is 11.8 Å². The van der Waals surface area contributed by atoms with Crippen molar-refractivity contribution >= 4 is 13.8 Å². The summed E-state index contributed by atoms with van der Waals surface area (Å²) in [5.41, 5.74) is 0. The molecule has 2 radical (unpaired) electrons. The number of likely N-dealkylation sites (tertiary alicyclic amines) is 1. The van der Waals surface area contributed by atoms with Crippen molar-refractivity contribution in [2.75, 3.05) is 13.6 Å². The summed E-state index contributed by atoms with van der Waals surface area (Å²) in [5.74, 6) is 1.24. The summed E-state index contributed by atoms with van der Waals surface area (Å²) in [6, 6.07) is 0. The topological polar surface area (TPSA) is 20.3 Å². The number of hydrogen-bond acceptors (Lipinski definition) is 1. The lowest BCUT2D eigenvalue weighted by Gasteiger charge is -2.36. The van der Waals surface area contributed by atoms with E-state index in [4.69, 9.17) is 7.85 Å². The summed E-state index contributed by atoms with van der Waals surface area (Å²) in [5, 5.41) is -0.0126. The molecule has 0 bridgehead atoms. The van der Waals surface area contributed by atoms with E-state index in [0.717, 1.165) is 38.6 Å². The molecular weight excluding hydrogens is 209 g/mol. The number of fused-ring (bicyclic) bond motifs is 1. The Labute approximate surface area is 107 Å². The van der Waals surface area contributed by atoms with Crippen molar-refractivity contribution < 1.29 is 4.79 Å². The number of carbonyl (C=O) groups is 1. The lowest BCUT2D eigenvalue weighted by atomic mass is 9.64. The zero-order valence-electron chi connectivity index (χ0n) is 11.2. The molecule has 2 aliphatic rings. The number of piperidine rings is 1. The third-order valence-corrected chi connectivity index (χ3v) is 4.70. The van der Waals surface area contributed by atoms with Crippen LogP contribution in [0.25, 0.3) is 0 Å². The number of nitrogens with zero attached hydrogens (tertiary/aromatic N) is 1. The molecule has 0 spiro atoms. The van der Waals surface area contributed by atoms with Gasteiger partial charge in [-0.05, 0) is 25.2 Å². The van der Waals surface area contributed by atoms with Crippen LogP contribution < -0.4 is 0 Å². The van der Waals surface area contributed by atoms with Gasteiger partial charge in [0.25, 0.3) is 0 Å². The summed E-state index contributed by atoms with van der Waals surface area (Å²) in [6.07, 6.45) is 7.90. The third-order valence-electron chi connectivity index (χ3n) is 4.70. The molecule has 2 rings (SSSR count). The Morgan fingerprint density at radius 3 is 2.76 bits per heavy atom. The first-order chi connectivity index (χ1) is 7.99. The predicted molar refractivity (Wildman–Crippen MR) is 71.1 cm³/mol. The van der Waals surface area contributed by atoms with Gasteiger partial charge in [-0.3, -0.25) is 4.79 Å². The van der Waals surface area contributed by atoms with Crippen LogP contribution in [0.1, 0.15) is 51.9 Å². The van der Waals surface area contributed by atoms with Gasteiger partial charge in [0.05, 0.1) is 7.85 Å². The molecular formula is C14H24BNO. The average Bonchev–Trinajstić information content (AvgIpc) is 2.34. The molecule has 0 N–H and O–H groups in total. The van der Waals surface area contributed by atoms with Gasteiger partial charge in [-0.2, -0.15) is 0 Å². The lowest BCUT2D eigenvalue weighted by Crippen LogP contribution is -2.43. The van der Waals surface area contributed by atoms with E-state index in [1.165, 1.54) is 12.8 Å². The summed E-state index contributed by atoms with van der Waals surface area (Å²) in [4.78, 5) is 14.1. The molecule has 1 heterocycles. The standard InChI is InChI=1S/C14H24BNO/c1-14(15)8-4-3-5-12-11(6-9-14)7-10-16(2)13(12)17/h11-12H,3-10H2,1-2H3. The van der Waals surface area contributed by atoms with Crippen molar-refractivity contribution in [2.45, 2.75) is 57.2 Å². The van der Waals surface area contributed by atoms with E-state index in [1.807, 2.05) is 11.9 Å². The van der Waals surface area contributed by atoms with Gasteiger partial charge in [-0.1, -0.05) is 37.9 Å². The van der Waals surface area contributed by atoms with Gasteiger partial charge in [-0.15, -0.1) is 0 Å². The van der Waals surface area contributed by atoms with E-state index in [1.54, 1.807) is 0 Å². The first-order valence-electron chi connectivity index (χ1n) is 7.03. The second-order valence-electron chi connectivity index (χ2n) is 6.35. The van der Waals surface area contributed by atoms with Crippen LogP contribution in [0.3, 0.4) is 0 Å². The minimum absolute atomic E-state index is 0.0126. The van der Waals surface area contributed by atoms with E-state index < -0.39 is 0 Å². The molecule has 0 aromatic heterocycles. The zero-order chi connectivity index (χ0) is 12.5. The smallest absolute Gasteiger partial charge is 0.225 e. The second-order valence-corrected chi connectivity index (χ2v) is 6.35. The predicted octanol–water partition coefficient (Wildman–Crippen LogP) is 2.78. The van der Waals surface area contributed by atoms with Crippen molar-refractivity contribution in [3.8, 4) is 0 Å². The van der Waals surface area contributed by atoms with Gasteiger partial charge in [0.1, 0.15) is 0 Å². The maximum Gasteiger partial charge on any atom is 0.225 e. The molecule has 2 nitrogen and oxygen atoms in total. The largest absolute Gasteiger partial charge is 0.346 e. The van der Waals surface area contributed by atoms with Crippen LogP contribution >= 0.6 is 0 Å². The highest BCUT2D eigenvalue weighted by Crippen LogP contribution is 2.41. The summed E-state index contributed by atoms with van der Waals surface area (Å²) >= 11 is 0. The third kappa shape index (κ3) is 3.05. The van der Waals surface area contributed by atoms with Gasteiger partial charge in [0.15, 0.2) is 0 Å². The molecule has 2 fully saturated rings. The van der Waals surface area contributed by atoms with Crippen LogP contribution in [0.15, 0.2) is 0 Å². The first-order valence-corrected chi connectivity index (χ1v) is 7.03. The van der Waals surface area contributed by atoms with Gasteiger partial charge >= 0.3 is 0 Å². The van der Waals surface area contributed by atoms with E-state index in [2.05, 4.69) is 6.92 Å². The molecule has 1 aliphatic heterocycles. The highest BCUT2D eigenvalue weighted by molar-refractivity contribution is 6.14. The Balaban J connectivity index is 2.07. The second kappa shape index (κ2) is 5.03. The van der Waals surface area contributed by atoms with Crippen molar-refractivity contribution in [1.82, 2.24) is 4.90 Å². The van der Waals surface area contributed by atoms with Crippen LogP contribution in [0.5, 0.6) is 0 Å². The van der Waals surface area contributed by atoms with Crippen LogP contribution in [0.2, 0.25) is 5.31 Å². The van der Waals surface area contributed by atoms with Crippen LogP contribution in [-0.4, -0.2) is 32.2 Å². The zero-order valence-corrected chi connectivity index (χ0v) is 11.2. The molecule has 3 unspecified atom stereocenters. The summed E-state index contributed by atoms with van der Waals surface area (Å²) < 4.78 is 0. The van der Waals surface area contributed by atoms with E-state index in [0.29, 0.717) is 11.8 Å². The van der Waals surface area contributed by atoms with E-state index >= 15 is 0 Å². The first kappa shape index (κ1) is 13.0. The van der Waals surface area contributed by atoms with Crippen molar-refractivity contribution in [3.63, 3.8) is 0 Å². The molecule has 0 aromatic carbocycles. The molecule has 17 heavy (non-hydrogen) atoms. The van der Waals surface area contributed by atoms with Crippen molar-refractivity contribution in [3.05, 3.63) is 0 Å². The average molecular weight is 233 g/mol. The lowest BCUT2D eigenvalue weighted by molar-refractivity contribution is -0.140. The Kier molecular flexibility index (Phi) is 3.84. The summed E-state index contributed by atoms with van der Waals surface area (Å²) in [7, 11) is 8.25. The Hall–Kier alpha value is -0.465. The molecule has 1 saturated carbocycles. The maximum absolute atomic E-state index is 12.2. The van der Waals surface area contributed by atoms with E-state index in [-0.39, 0.29) is 11.2 Å². The van der Waals surface area contributed by atoms with E-state index in [9.17, 15) is 4.79 Å². The van der Waals surface area contributed by atoms with Gasteiger partial charge in [-0.25, -0.2) is 0 Å². The fourth-order valence-corrected chi connectivity index (χ4v) is 3.39. The number of hydrogen-bond donors (Lipinski definition) is 0. The molecule has 94 valence electrons. The molecule has 0 aromatic rings. The number of rotatable bonds is 0. The number of carbonyl (C=O) groups excluding carboxylic acids is 1. The molecule has 1 aliphatic carbocycles. The highest BCUT2D eigenvalue weighted by Gasteiger charge is 2.35. The van der Waals surface area contributed by atoms with Gasteiger partial charge in [0, 0.05) is 19.5 Å². The fourth-order valence-electron chi connectivity index (χ4n) is 3.39. The van der Waals surface area contributed by atoms with Gasteiger partial charge < -0.3 is 4.90 Å². The van der Waals surface area contributed by atoms with Gasteiger partial charge in [0.2, 0.25) is 5.91 Å². The maximum atomic E-state index is 12.2. The normalized spacial score (nSPS) is 40.1. The molecule has 3 heteroatoms. The minimum atomic E-state index is -0.0126. The Morgan fingerprint density at radius 2 is 2.00 bits per heavy atom. The SMILES string of the molecule is [B]C1(C)CCCCC2C(=O)N(C)CCC2CC1. The Bertz CT molecular complexity index is 290. The molecule has 1 saturated heterocycles. The van der Waals surface area contributed by atoms with Crippen LogP contribution in [0.4, 0.5) is 0 Å². The quantitative estimate of drug-likeness (QED) is 0.589. The highest BCUT2D eigenvalue weighted by atomic mass is 16.2. The van der Waals surface area contributed by atoms with Crippen LogP contribution in [-0.2, 0) is 4.79 Å².